The van der Waals surface area contributed by atoms with Crippen LogP contribution in [0.1, 0.15) is 19.8 Å². The summed E-state index contributed by atoms with van der Waals surface area (Å²) >= 11 is 1.52. The number of thioether (sulfide) groups is 1. The number of rotatable bonds is 7. The van der Waals surface area contributed by atoms with E-state index >= 15 is 0 Å². The van der Waals surface area contributed by atoms with Gasteiger partial charge in [-0.1, -0.05) is 0 Å². The lowest BCUT2D eigenvalue weighted by atomic mass is 10.1. The highest BCUT2D eigenvalue weighted by Gasteiger charge is 2.18. The van der Waals surface area contributed by atoms with Crippen molar-refractivity contribution in [2.75, 3.05) is 32.6 Å². The van der Waals surface area contributed by atoms with Gasteiger partial charge in [0.05, 0.1) is 12.4 Å². The number of nitrogens with one attached hydrogen (secondary N) is 1. The van der Waals surface area contributed by atoms with E-state index in [2.05, 4.69) is 17.3 Å². The first kappa shape index (κ1) is 20.6. The smallest absolute Gasteiger partial charge is 0.237 e. The summed E-state index contributed by atoms with van der Waals surface area (Å²) in [5.74, 6) is 1.64. The van der Waals surface area contributed by atoms with Gasteiger partial charge in [-0.05, 0) is 75.3 Å². The van der Waals surface area contributed by atoms with Crippen molar-refractivity contribution >= 4 is 23.4 Å². The normalized spacial score (nSPS) is 16.4. The Morgan fingerprint density at radius 3 is 2.29 bits per heavy atom. The first-order chi connectivity index (χ1) is 13.5. The molecule has 1 N–H and O–H groups in total. The van der Waals surface area contributed by atoms with Gasteiger partial charge in [0.15, 0.2) is 0 Å². The van der Waals surface area contributed by atoms with Gasteiger partial charge in [0.1, 0.15) is 17.6 Å². The maximum absolute atomic E-state index is 12.5. The van der Waals surface area contributed by atoms with Crippen molar-refractivity contribution in [3.63, 3.8) is 0 Å². The summed E-state index contributed by atoms with van der Waals surface area (Å²) in [4.78, 5) is 15.8. The number of ether oxygens (including phenoxy) is 2. The number of amides is 1. The van der Waals surface area contributed by atoms with E-state index in [1.807, 2.05) is 55.5 Å². The molecule has 5 nitrogen and oxygen atoms in total. The first-order valence-corrected chi connectivity index (χ1v) is 10.5. The van der Waals surface area contributed by atoms with Crippen molar-refractivity contribution in [1.29, 1.82) is 0 Å². The topological polar surface area (TPSA) is 50.8 Å². The molecule has 0 unspecified atom stereocenters. The fourth-order valence-corrected chi connectivity index (χ4v) is 3.94. The van der Waals surface area contributed by atoms with E-state index in [1.54, 1.807) is 7.11 Å². The molecule has 28 heavy (non-hydrogen) atoms. The molecular formula is C22H28N2O3S. The van der Waals surface area contributed by atoms with Crippen LogP contribution in [0.3, 0.4) is 0 Å². The number of piperidine rings is 1. The SMILES string of the molecule is COc1ccc(S[C@@H](C)C(=O)Nc2ccc(OC3CCN(C)CC3)cc2)cc1. The van der Waals surface area contributed by atoms with Crippen LogP contribution in [-0.2, 0) is 4.79 Å². The van der Waals surface area contributed by atoms with Crippen LogP contribution in [0, 0.1) is 0 Å². The summed E-state index contributed by atoms with van der Waals surface area (Å²) in [6.45, 7) is 4.05. The van der Waals surface area contributed by atoms with Gasteiger partial charge < -0.3 is 19.7 Å². The van der Waals surface area contributed by atoms with Gasteiger partial charge in [-0.2, -0.15) is 0 Å². The van der Waals surface area contributed by atoms with Crippen LogP contribution >= 0.6 is 11.8 Å². The number of hydrogen-bond acceptors (Lipinski definition) is 5. The Bertz CT molecular complexity index is 756. The van der Waals surface area contributed by atoms with E-state index in [4.69, 9.17) is 9.47 Å². The van der Waals surface area contributed by atoms with E-state index in [0.29, 0.717) is 0 Å². The molecule has 2 aromatic rings. The van der Waals surface area contributed by atoms with Gasteiger partial charge in [0.2, 0.25) is 5.91 Å². The molecule has 2 aromatic carbocycles. The zero-order chi connectivity index (χ0) is 19.9. The highest BCUT2D eigenvalue weighted by atomic mass is 32.2. The van der Waals surface area contributed by atoms with Gasteiger partial charge in [-0.15, -0.1) is 11.8 Å². The number of carbonyl (C=O) groups is 1. The molecule has 3 rings (SSSR count). The van der Waals surface area contributed by atoms with Crippen LogP contribution in [0.2, 0.25) is 0 Å². The van der Waals surface area contributed by atoms with E-state index in [0.717, 1.165) is 48.0 Å². The Labute approximate surface area is 171 Å². The molecule has 1 amide bonds. The number of hydrogen-bond donors (Lipinski definition) is 1. The van der Waals surface area contributed by atoms with E-state index in [9.17, 15) is 4.79 Å². The molecule has 1 fully saturated rings. The highest BCUT2D eigenvalue weighted by Crippen LogP contribution is 2.27. The zero-order valence-corrected chi connectivity index (χ0v) is 17.5. The van der Waals surface area contributed by atoms with Crippen molar-refractivity contribution in [2.24, 2.45) is 0 Å². The third-order valence-corrected chi connectivity index (χ3v) is 5.94. The van der Waals surface area contributed by atoms with E-state index in [-0.39, 0.29) is 17.3 Å². The minimum Gasteiger partial charge on any atom is -0.497 e. The van der Waals surface area contributed by atoms with Crippen LogP contribution in [0.5, 0.6) is 11.5 Å². The molecule has 1 heterocycles. The van der Waals surface area contributed by atoms with Crippen molar-refractivity contribution < 1.29 is 14.3 Å². The minimum atomic E-state index is -0.205. The standard InChI is InChI=1S/C22H28N2O3S/c1-16(28-21-10-8-18(26-3)9-11-21)22(25)23-17-4-6-19(7-5-17)27-20-12-14-24(2)15-13-20/h4-11,16,20H,12-15H2,1-3H3,(H,23,25)/t16-/m0/s1. The second kappa shape index (κ2) is 9.85. The summed E-state index contributed by atoms with van der Waals surface area (Å²) in [7, 11) is 3.78. The van der Waals surface area contributed by atoms with Gasteiger partial charge >= 0.3 is 0 Å². The number of benzene rings is 2. The maximum atomic E-state index is 12.5. The second-order valence-corrected chi connectivity index (χ2v) is 8.48. The summed E-state index contributed by atoms with van der Waals surface area (Å²) in [5, 5.41) is 2.77. The number of methoxy groups -OCH3 is 1. The van der Waals surface area contributed by atoms with Gasteiger partial charge in [0.25, 0.3) is 0 Å². The fraction of sp³-hybridized carbons (Fsp3) is 0.409. The Balaban J connectivity index is 1.49. The van der Waals surface area contributed by atoms with Crippen molar-refractivity contribution in [3.05, 3.63) is 48.5 Å². The first-order valence-electron chi connectivity index (χ1n) is 9.60. The van der Waals surface area contributed by atoms with Crippen molar-refractivity contribution in [1.82, 2.24) is 4.90 Å². The van der Waals surface area contributed by atoms with Gasteiger partial charge in [-0.25, -0.2) is 0 Å². The molecule has 1 atom stereocenters. The van der Waals surface area contributed by atoms with Gasteiger partial charge in [-0.3, -0.25) is 4.79 Å². The Kier molecular flexibility index (Phi) is 7.23. The zero-order valence-electron chi connectivity index (χ0n) is 16.7. The summed E-state index contributed by atoms with van der Waals surface area (Å²) in [5.41, 5.74) is 0.780. The lowest BCUT2D eigenvalue weighted by Crippen LogP contribution is -2.35. The lowest BCUT2D eigenvalue weighted by molar-refractivity contribution is -0.115. The Morgan fingerprint density at radius 2 is 1.68 bits per heavy atom. The molecule has 6 heteroatoms. The molecule has 0 spiro atoms. The molecule has 0 bridgehead atoms. The molecule has 1 aliphatic heterocycles. The quantitative estimate of drug-likeness (QED) is 0.703. The van der Waals surface area contributed by atoms with Crippen LogP contribution in [0.15, 0.2) is 53.4 Å². The minimum absolute atomic E-state index is 0.0233. The van der Waals surface area contributed by atoms with E-state index < -0.39 is 0 Å². The van der Waals surface area contributed by atoms with Crippen LogP contribution in [-0.4, -0.2) is 49.4 Å². The number of likely N-dealkylation sites (tertiary alicyclic amines) is 1. The molecule has 1 aliphatic rings. The summed E-state index contributed by atoms with van der Waals surface area (Å²) < 4.78 is 11.2. The third-order valence-electron chi connectivity index (χ3n) is 4.83. The maximum Gasteiger partial charge on any atom is 0.237 e. The molecular weight excluding hydrogens is 372 g/mol. The average molecular weight is 401 g/mol. The monoisotopic (exact) mass is 400 g/mol. The summed E-state index contributed by atoms with van der Waals surface area (Å²) in [6.07, 6.45) is 2.38. The van der Waals surface area contributed by atoms with E-state index in [1.165, 1.54) is 11.8 Å². The van der Waals surface area contributed by atoms with Crippen LogP contribution in [0.4, 0.5) is 5.69 Å². The number of nitrogens with zero attached hydrogens (tertiary/aromatic N) is 1. The third kappa shape index (κ3) is 5.91. The van der Waals surface area contributed by atoms with Crippen molar-refractivity contribution in [3.8, 4) is 11.5 Å². The molecule has 0 saturated carbocycles. The van der Waals surface area contributed by atoms with Crippen molar-refractivity contribution in [2.45, 2.75) is 36.0 Å². The average Bonchev–Trinajstić information content (AvgIpc) is 2.71. The second-order valence-electron chi connectivity index (χ2n) is 7.07. The number of carbonyl (C=O) groups excluding carboxylic acids is 1. The molecule has 0 aromatic heterocycles. The van der Waals surface area contributed by atoms with Crippen LogP contribution < -0.4 is 14.8 Å². The molecule has 0 aliphatic carbocycles. The highest BCUT2D eigenvalue weighted by molar-refractivity contribution is 8.00. The Hall–Kier alpha value is -2.18. The number of anilines is 1. The molecule has 150 valence electrons. The summed E-state index contributed by atoms with van der Waals surface area (Å²) in [6, 6.07) is 15.4. The largest absolute Gasteiger partial charge is 0.497 e. The fourth-order valence-electron chi connectivity index (χ4n) is 3.07. The predicted molar refractivity (Wildman–Crippen MR) is 115 cm³/mol. The Morgan fingerprint density at radius 1 is 1.07 bits per heavy atom. The van der Waals surface area contributed by atoms with Crippen LogP contribution in [0.25, 0.3) is 0 Å². The van der Waals surface area contributed by atoms with Gasteiger partial charge in [0, 0.05) is 23.7 Å². The molecule has 1 saturated heterocycles. The lowest BCUT2D eigenvalue weighted by Gasteiger charge is -2.29. The predicted octanol–water partition coefficient (Wildman–Crippen LogP) is 4.29. The molecule has 0 radical (unpaired) electrons.